The molecule has 0 spiro atoms. The quantitative estimate of drug-likeness (QED) is 0.628. The van der Waals surface area contributed by atoms with Crippen LogP contribution in [0.25, 0.3) is 11.3 Å². The molecule has 0 saturated carbocycles. The van der Waals surface area contributed by atoms with Crippen molar-refractivity contribution in [3.8, 4) is 11.3 Å². The molecule has 0 aliphatic carbocycles. The van der Waals surface area contributed by atoms with Gasteiger partial charge in [-0.2, -0.15) is 0 Å². The number of aryl methyl sites for hydroxylation is 4. The lowest BCUT2D eigenvalue weighted by Gasteiger charge is -1.99. The van der Waals surface area contributed by atoms with E-state index >= 15 is 0 Å². The molecule has 1 N–H and O–H groups in total. The number of nitrogens with zero attached hydrogens (tertiary/aromatic N) is 2. The molecular formula is C18H21N3O2S2. The van der Waals surface area contributed by atoms with Crippen molar-refractivity contribution in [3.05, 3.63) is 38.5 Å². The van der Waals surface area contributed by atoms with Crippen molar-refractivity contribution in [3.63, 3.8) is 0 Å². The predicted octanol–water partition coefficient (Wildman–Crippen LogP) is 5.38. The normalized spacial score (nSPS) is 11.0. The van der Waals surface area contributed by atoms with Gasteiger partial charge in [0.15, 0.2) is 5.13 Å². The van der Waals surface area contributed by atoms with Crippen LogP contribution in [-0.2, 0) is 6.42 Å². The molecular weight excluding hydrogens is 354 g/mol. The lowest BCUT2D eigenvalue weighted by Crippen LogP contribution is -2.11. The third-order valence-corrected chi connectivity index (χ3v) is 5.81. The Morgan fingerprint density at radius 3 is 2.76 bits per heavy atom. The minimum atomic E-state index is -0.140. The van der Waals surface area contributed by atoms with Gasteiger partial charge < -0.3 is 4.42 Å². The summed E-state index contributed by atoms with van der Waals surface area (Å²) in [5.74, 6) is 1.55. The lowest BCUT2D eigenvalue weighted by molar-refractivity contribution is 0.103. The van der Waals surface area contributed by atoms with Gasteiger partial charge in [-0.3, -0.25) is 10.1 Å². The number of hydrogen-bond acceptors (Lipinski definition) is 6. The molecule has 3 aromatic heterocycles. The second-order valence-electron chi connectivity index (χ2n) is 5.94. The number of aromatic nitrogens is 2. The Labute approximate surface area is 155 Å². The summed E-state index contributed by atoms with van der Waals surface area (Å²) in [6.45, 7) is 7.86. The maximum atomic E-state index is 12.5. The number of carbonyl (C=O) groups excluding carboxylic acids is 1. The summed E-state index contributed by atoms with van der Waals surface area (Å²) in [4.78, 5) is 22.2. The summed E-state index contributed by atoms with van der Waals surface area (Å²) >= 11 is 2.89. The number of furan rings is 1. The monoisotopic (exact) mass is 375 g/mol. The summed E-state index contributed by atoms with van der Waals surface area (Å²) in [6.07, 6.45) is 3.14. The fourth-order valence-corrected chi connectivity index (χ4v) is 4.30. The van der Waals surface area contributed by atoms with Crippen LogP contribution in [0.2, 0.25) is 0 Å². The van der Waals surface area contributed by atoms with E-state index < -0.39 is 0 Å². The van der Waals surface area contributed by atoms with Gasteiger partial charge in [0.25, 0.3) is 5.91 Å². The van der Waals surface area contributed by atoms with Gasteiger partial charge in [0.05, 0.1) is 16.4 Å². The molecule has 0 bridgehead atoms. The zero-order valence-corrected chi connectivity index (χ0v) is 16.4. The summed E-state index contributed by atoms with van der Waals surface area (Å²) in [5, 5.41) is 6.43. The van der Waals surface area contributed by atoms with Crippen molar-refractivity contribution in [1.82, 2.24) is 9.97 Å². The number of carbonyl (C=O) groups is 1. The molecule has 25 heavy (non-hydrogen) atoms. The fraction of sp³-hybridized carbons (Fsp3) is 0.389. The fourth-order valence-electron chi connectivity index (χ4n) is 2.59. The van der Waals surface area contributed by atoms with Crippen molar-refractivity contribution in [2.45, 2.75) is 47.0 Å². The molecule has 0 aliphatic heterocycles. The maximum absolute atomic E-state index is 12.5. The smallest absolute Gasteiger partial charge is 0.269 e. The SMILES string of the molecule is CCCCc1nc(C)c(C(=O)Nc2nc(-c3cc(C)oc3C)cs2)s1. The second-order valence-corrected chi connectivity index (χ2v) is 7.89. The van der Waals surface area contributed by atoms with Crippen LogP contribution in [0.3, 0.4) is 0 Å². The van der Waals surface area contributed by atoms with Crippen LogP contribution in [0.4, 0.5) is 5.13 Å². The molecule has 3 heterocycles. The molecule has 5 nitrogen and oxygen atoms in total. The average Bonchev–Trinajstić information content (AvgIpc) is 3.24. The first-order chi connectivity index (χ1) is 12.0. The number of amides is 1. The first-order valence-corrected chi connectivity index (χ1v) is 9.98. The average molecular weight is 376 g/mol. The third-order valence-electron chi connectivity index (χ3n) is 3.83. The maximum Gasteiger partial charge on any atom is 0.269 e. The van der Waals surface area contributed by atoms with Crippen molar-refractivity contribution in [2.24, 2.45) is 0 Å². The van der Waals surface area contributed by atoms with Gasteiger partial charge in [0.1, 0.15) is 16.4 Å². The highest BCUT2D eigenvalue weighted by atomic mass is 32.1. The largest absolute Gasteiger partial charge is 0.466 e. The van der Waals surface area contributed by atoms with Crippen LogP contribution in [0.5, 0.6) is 0 Å². The zero-order chi connectivity index (χ0) is 18.0. The van der Waals surface area contributed by atoms with Crippen LogP contribution in [0, 0.1) is 20.8 Å². The summed E-state index contributed by atoms with van der Waals surface area (Å²) in [7, 11) is 0. The van der Waals surface area contributed by atoms with Crippen molar-refractivity contribution in [2.75, 3.05) is 5.32 Å². The molecule has 0 aromatic carbocycles. The molecule has 0 atom stereocenters. The van der Waals surface area contributed by atoms with E-state index in [1.165, 1.54) is 22.7 Å². The topological polar surface area (TPSA) is 68.0 Å². The summed E-state index contributed by atoms with van der Waals surface area (Å²) in [5.41, 5.74) is 2.57. The number of anilines is 1. The van der Waals surface area contributed by atoms with Gasteiger partial charge in [-0.1, -0.05) is 13.3 Å². The minimum Gasteiger partial charge on any atom is -0.466 e. The van der Waals surface area contributed by atoms with E-state index in [0.29, 0.717) is 10.0 Å². The molecule has 3 rings (SSSR count). The van der Waals surface area contributed by atoms with E-state index in [1.807, 2.05) is 32.2 Å². The Bertz CT molecular complexity index is 892. The van der Waals surface area contributed by atoms with Crippen LogP contribution >= 0.6 is 22.7 Å². The first kappa shape index (κ1) is 17.8. The molecule has 0 aliphatic rings. The van der Waals surface area contributed by atoms with Crippen molar-refractivity contribution < 1.29 is 9.21 Å². The number of thiazole rings is 2. The van der Waals surface area contributed by atoms with Crippen molar-refractivity contribution in [1.29, 1.82) is 0 Å². The van der Waals surface area contributed by atoms with Crippen LogP contribution in [0.1, 0.15) is 51.7 Å². The Kier molecular flexibility index (Phi) is 5.34. The molecule has 0 saturated heterocycles. The highest BCUT2D eigenvalue weighted by Crippen LogP contribution is 2.30. The summed E-state index contributed by atoms with van der Waals surface area (Å²) in [6, 6.07) is 1.96. The van der Waals surface area contributed by atoms with E-state index in [1.54, 1.807) is 0 Å². The van der Waals surface area contributed by atoms with Gasteiger partial charge in [0.2, 0.25) is 0 Å². The van der Waals surface area contributed by atoms with Gasteiger partial charge in [0, 0.05) is 10.9 Å². The van der Waals surface area contributed by atoms with E-state index in [-0.39, 0.29) is 5.91 Å². The van der Waals surface area contributed by atoms with Gasteiger partial charge in [-0.05, 0) is 39.7 Å². The van der Waals surface area contributed by atoms with Gasteiger partial charge >= 0.3 is 0 Å². The predicted molar refractivity (Wildman–Crippen MR) is 103 cm³/mol. The highest BCUT2D eigenvalue weighted by Gasteiger charge is 2.17. The second kappa shape index (κ2) is 7.49. The Morgan fingerprint density at radius 1 is 1.28 bits per heavy atom. The van der Waals surface area contributed by atoms with Crippen molar-refractivity contribution >= 4 is 33.7 Å². The van der Waals surface area contributed by atoms with E-state index in [9.17, 15) is 4.79 Å². The van der Waals surface area contributed by atoms with E-state index in [4.69, 9.17) is 4.42 Å². The molecule has 1 amide bonds. The molecule has 0 unspecified atom stereocenters. The first-order valence-electron chi connectivity index (χ1n) is 8.28. The third kappa shape index (κ3) is 3.99. The molecule has 3 aromatic rings. The Balaban J connectivity index is 1.74. The minimum absolute atomic E-state index is 0.140. The molecule has 0 fully saturated rings. The van der Waals surface area contributed by atoms with Crippen LogP contribution in [0.15, 0.2) is 15.9 Å². The van der Waals surface area contributed by atoms with Gasteiger partial charge in [-0.15, -0.1) is 22.7 Å². The highest BCUT2D eigenvalue weighted by molar-refractivity contribution is 7.15. The Morgan fingerprint density at radius 2 is 2.08 bits per heavy atom. The molecule has 7 heteroatoms. The lowest BCUT2D eigenvalue weighted by atomic mass is 10.2. The zero-order valence-electron chi connectivity index (χ0n) is 14.8. The van der Waals surface area contributed by atoms with Crippen LogP contribution < -0.4 is 5.32 Å². The number of nitrogens with one attached hydrogen (secondary N) is 1. The number of rotatable bonds is 6. The van der Waals surface area contributed by atoms with E-state index in [2.05, 4.69) is 22.2 Å². The van der Waals surface area contributed by atoms with Crippen LogP contribution in [-0.4, -0.2) is 15.9 Å². The van der Waals surface area contributed by atoms with Gasteiger partial charge in [-0.25, -0.2) is 9.97 Å². The summed E-state index contributed by atoms with van der Waals surface area (Å²) < 4.78 is 5.55. The van der Waals surface area contributed by atoms with E-state index in [0.717, 1.165) is 52.7 Å². The number of hydrogen-bond donors (Lipinski definition) is 1. The number of unbranched alkanes of at least 4 members (excludes halogenated alkanes) is 1. The Hall–Kier alpha value is -1.99. The molecule has 132 valence electrons. The molecule has 0 radical (unpaired) electrons. The standard InChI is InChI=1S/C18H21N3O2S2/c1-5-6-7-15-19-11(3)16(25-15)17(22)21-18-20-14(9-24-18)13-8-10(2)23-12(13)4/h8-9H,5-7H2,1-4H3,(H,20,21,22).